The molecule has 3 heteroatoms. The van der Waals surface area contributed by atoms with Gasteiger partial charge in [-0.2, -0.15) is 0 Å². The Morgan fingerprint density at radius 1 is 1.18 bits per heavy atom. The summed E-state index contributed by atoms with van der Waals surface area (Å²) in [7, 11) is 0. The number of nitrogens with one attached hydrogen (secondary N) is 1. The Morgan fingerprint density at radius 3 is 2.41 bits per heavy atom. The fourth-order valence-corrected chi connectivity index (χ4v) is 1.89. The van der Waals surface area contributed by atoms with Crippen molar-refractivity contribution in [2.75, 3.05) is 24.5 Å². The van der Waals surface area contributed by atoms with Gasteiger partial charge in [0.2, 0.25) is 0 Å². The summed E-state index contributed by atoms with van der Waals surface area (Å²) in [6.07, 6.45) is 1.10. The molecule has 1 N–H and O–H groups in total. The number of benzene rings is 1. The van der Waals surface area contributed by atoms with Crippen LogP contribution in [0, 0.1) is 5.82 Å². The zero-order valence-corrected chi connectivity index (χ0v) is 11.1. The second-order valence-electron chi connectivity index (χ2n) is 4.13. The Bertz CT molecular complexity index is 335. The molecular formula is C14H23FN2. The quantitative estimate of drug-likeness (QED) is 0.734. The molecule has 0 unspecified atom stereocenters. The smallest absolute Gasteiger partial charge is 0.146 e. The highest BCUT2D eigenvalue weighted by Gasteiger charge is 2.08. The number of nitrogens with zero attached hydrogens (tertiary/aromatic N) is 1. The average Bonchev–Trinajstić information content (AvgIpc) is 2.33. The molecule has 96 valence electrons. The molecule has 0 fully saturated rings. The van der Waals surface area contributed by atoms with E-state index in [4.69, 9.17) is 0 Å². The van der Waals surface area contributed by atoms with Gasteiger partial charge in [0.1, 0.15) is 5.82 Å². The van der Waals surface area contributed by atoms with Gasteiger partial charge in [0, 0.05) is 19.6 Å². The minimum atomic E-state index is -0.121. The highest BCUT2D eigenvalue weighted by atomic mass is 19.1. The Balaban J connectivity index is 2.71. The number of hydrogen-bond acceptors (Lipinski definition) is 2. The summed E-state index contributed by atoms with van der Waals surface area (Å²) in [4.78, 5) is 2.03. The second-order valence-corrected chi connectivity index (χ2v) is 4.13. The highest BCUT2D eigenvalue weighted by molar-refractivity contribution is 5.49. The topological polar surface area (TPSA) is 15.3 Å². The lowest BCUT2D eigenvalue weighted by Crippen LogP contribution is -2.23. The Kier molecular flexibility index (Phi) is 5.98. The third-order valence-corrected chi connectivity index (χ3v) is 2.87. The van der Waals surface area contributed by atoms with Crippen LogP contribution in [0.2, 0.25) is 0 Å². The molecular weight excluding hydrogens is 215 g/mol. The molecule has 0 aliphatic carbocycles. The fraction of sp³-hybridized carbons (Fsp3) is 0.571. The Labute approximate surface area is 104 Å². The lowest BCUT2D eigenvalue weighted by Gasteiger charge is -2.21. The molecule has 0 amide bonds. The van der Waals surface area contributed by atoms with Crippen molar-refractivity contribution >= 4 is 5.69 Å². The third-order valence-electron chi connectivity index (χ3n) is 2.87. The van der Waals surface area contributed by atoms with Crippen molar-refractivity contribution in [2.45, 2.75) is 33.7 Å². The minimum Gasteiger partial charge on any atom is -0.370 e. The first-order chi connectivity index (χ1) is 8.22. The molecule has 1 rings (SSSR count). The van der Waals surface area contributed by atoms with Crippen molar-refractivity contribution < 1.29 is 4.39 Å². The number of rotatable bonds is 7. The lowest BCUT2D eigenvalue weighted by molar-refractivity contribution is 0.612. The van der Waals surface area contributed by atoms with Crippen LogP contribution in [-0.2, 0) is 6.54 Å². The van der Waals surface area contributed by atoms with Gasteiger partial charge in [-0.25, -0.2) is 4.39 Å². The molecule has 0 saturated carbocycles. The first-order valence-corrected chi connectivity index (χ1v) is 6.47. The third kappa shape index (κ3) is 4.00. The molecule has 0 aromatic heterocycles. The van der Waals surface area contributed by atoms with E-state index in [1.807, 2.05) is 30.9 Å². The maximum absolute atomic E-state index is 13.9. The first-order valence-electron chi connectivity index (χ1n) is 6.47. The number of anilines is 1. The van der Waals surface area contributed by atoms with Gasteiger partial charge in [0.15, 0.2) is 0 Å². The van der Waals surface area contributed by atoms with Crippen LogP contribution < -0.4 is 10.2 Å². The molecule has 0 aliphatic heterocycles. The Hall–Kier alpha value is -1.09. The van der Waals surface area contributed by atoms with Gasteiger partial charge in [-0.1, -0.05) is 13.0 Å². The van der Waals surface area contributed by atoms with Crippen LogP contribution in [0.4, 0.5) is 10.1 Å². The molecule has 1 aromatic rings. The summed E-state index contributed by atoms with van der Waals surface area (Å²) in [5.74, 6) is -0.121. The van der Waals surface area contributed by atoms with Crippen LogP contribution in [0.15, 0.2) is 18.2 Å². The summed E-state index contributed by atoms with van der Waals surface area (Å²) in [5.41, 5.74) is 1.71. The van der Waals surface area contributed by atoms with E-state index in [-0.39, 0.29) is 5.82 Å². The van der Waals surface area contributed by atoms with Crippen molar-refractivity contribution in [2.24, 2.45) is 0 Å². The van der Waals surface area contributed by atoms with Crippen LogP contribution in [-0.4, -0.2) is 19.6 Å². The van der Waals surface area contributed by atoms with Gasteiger partial charge in [-0.05, 0) is 44.5 Å². The monoisotopic (exact) mass is 238 g/mol. The van der Waals surface area contributed by atoms with Crippen LogP contribution in [0.25, 0.3) is 0 Å². The average molecular weight is 238 g/mol. The maximum atomic E-state index is 13.9. The molecule has 0 saturated heterocycles. The second kappa shape index (κ2) is 7.28. The van der Waals surface area contributed by atoms with Crippen LogP contribution in [0.5, 0.6) is 0 Å². The van der Waals surface area contributed by atoms with E-state index in [0.717, 1.165) is 38.2 Å². The van der Waals surface area contributed by atoms with Crippen molar-refractivity contribution in [1.82, 2.24) is 5.32 Å². The van der Waals surface area contributed by atoms with E-state index in [2.05, 4.69) is 12.2 Å². The summed E-state index contributed by atoms with van der Waals surface area (Å²) in [6.45, 7) is 9.58. The van der Waals surface area contributed by atoms with Gasteiger partial charge in [-0.3, -0.25) is 0 Å². The summed E-state index contributed by atoms with van der Waals surface area (Å²) >= 11 is 0. The van der Waals surface area contributed by atoms with Crippen molar-refractivity contribution in [3.63, 3.8) is 0 Å². The van der Waals surface area contributed by atoms with Gasteiger partial charge in [-0.15, -0.1) is 0 Å². The van der Waals surface area contributed by atoms with Crippen molar-refractivity contribution in [3.8, 4) is 0 Å². The zero-order valence-electron chi connectivity index (χ0n) is 11.1. The molecule has 0 radical (unpaired) electrons. The molecule has 2 nitrogen and oxygen atoms in total. The normalized spacial score (nSPS) is 10.6. The molecule has 0 atom stereocenters. The summed E-state index contributed by atoms with van der Waals surface area (Å²) < 4.78 is 13.9. The van der Waals surface area contributed by atoms with Crippen LogP contribution in [0.1, 0.15) is 32.8 Å². The van der Waals surface area contributed by atoms with E-state index in [0.29, 0.717) is 5.69 Å². The Morgan fingerprint density at radius 2 is 1.88 bits per heavy atom. The number of hydrogen-bond donors (Lipinski definition) is 1. The van der Waals surface area contributed by atoms with E-state index < -0.39 is 0 Å². The van der Waals surface area contributed by atoms with Crippen LogP contribution >= 0.6 is 0 Å². The predicted molar refractivity (Wildman–Crippen MR) is 72.0 cm³/mol. The fourth-order valence-electron chi connectivity index (χ4n) is 1.89. The maximum Gasteiger partial charge on any atom is 0.146 e. The summed E-state index contributed by atoms with van der Waals surface area (Å²) in [5, 5.41) is 3.27. The molecule has 0 aliphatic rings. The lowest BCUT2D eigenvalue weighted by atomic mass is 10.1. The van der Waals surface area contributed by atoms with Gasteiger partial charge in [0.05, 0.1) is 5.69 Å². The summed E-state index contributed by atoms with van der Waals surface area (Å²) in [6, 6.07) is 5.51. The minimum absolute atomic E-state index is 0.121. The van der Waals surface area contributed by atoms with E-state index in [1.165, 1.54) is 0 Å². The SMILES string of the molecule is CCCNCc1ccc(N(CC)CC)c(F)c1. The standard InChI is InChI=1S/C14H23FN2/c1-4-9-16-11-12-7-8-14(13(15)10-12)17(5-2)6-3/h7-8,10,16H,4-6,9,11H2,1-3H3. The molecule has 0 spiro atoms. The van der Waals surface area contributed by atoms with E-state index in [9.17, 15) is 4.39 Å². The van der Waals surface area contributed by atoms with E-state index in [1.54, 1.807) is 6.07 Å². The number of halogens is 1. The van der Waals surface area contributed by atoms with Crippen molar-refractivity contribution in [1.29, 1.82) is 0 Å². The predicted octanol–water partition coefficient (Wildman–Crippen LogP) is 3.17. The molecule has 1 aromatic carbocycles. The highest BCUT2D eigenvalue weighted by Crippen LogP contribution is 2.20. The largest absolute Gasteiger partial charge is 0.370 e. The van der Waals surface area contributed by atoms with Crippen LogP contribution in [0.3, 0.4) is 0 Å². The molecule has 0 bridgehead atoms. The van der Waals surface area contributed by atoms with E-state index >= 15 is 0 Å². The molecule has 17 heavy (non-hydrogen) atoms. The van der Waals surface area contributed by atoms with Crippen molar-refractivity contribution in [3.05, 3.63) is 29.6 Å². The van der Waals surface area contributed by atoms with Gasteiger partial charge in [0.25, 0.3) is 0 Å². The van der Waals surface area contributed by atoms with Gasteiger partial charge >= 0.3 is 0 Å². The zero-order chi connectivity index (χ0) is 12.7. The molecule has 0 heterocycles. The van der Waals surface area contributed by atoms with Gasteiger partial charge < -0.3 is 10.2 Å². The first kappa shape index (κ1) is 14.0.